The van der Waals surface area contributed by atoms with Crippen LogP contribution in [0.25, 0.3) is 0 Å². The first-order chi connectivity index (χ1) is 7.04. The third-order valence-corrected chi connectivity index (χ3v) is 4.03. The molecule has 1 aliphatic rings. The van der Waals surface area contributed by atoms with Gasteiger partial charge in [-0.1, -0.05) is 26.8 Å². The monoisotopic (exact) mass is 204 g/mol. The zero-order chi connectivity index (χ0) is 11.1. The van der Waals surface area contributed by atoms with Gasteiger partial charge < -0.3 is 4.74 Å². The number of aryl methyl sites for hydroxylation is 1. The molecule has 0 saturated heterocycles. The van der Waals surface area contributed by atoms with Crippen LogP contribution in [0.5, 0.6) is 5.75 Å². The van der Waals surface area contributed by atoms with Gasteiger partial charge in [0.1, 0.15) is 5.75 Å². The highest BCUT2D eigenvalue weighted by atomic mass is 16.5. The molecule has 0 spiro atoms. The fourth-order valence-electron chi connectivity index (χ4n) is 2.44. The molecule has 1 nitrogen and oxygen atoms in total. The van der Waals surface area contributed by atoms with E-state index in [1.54, 1.807) is 7.11 Å². The average molecular weight is 204 g/mol. The lowest BCUT2D eigenvalue weighted by molar-refractivity contribution is 0.258. The quantitative estimate of drug-likeness (QED) is 0.676. The molecule has 0 aliphatic heterocycles. The Morgan fingerprint density at radius 3 is 2.73 bits per heavy atom. The van der Waals surface area contributed by atoms with Gasteiger partial charge in [0.2, 0.25) is 0 Å². The second kappa shape index (κ2) is 3.55. The molecule has 1 aromatic rings. The number of hydrogen-bond donors (Lipinski definition) is 0. The van der Waals surface area contributed by atoms with Crippen LogP contribution in [0.4, 0.5) is 0 Å². The van der Waals surface area contributed by atoms with E-state index in [1.807, 2.05) is 0 Å². The van der Waals surface area contributed by atoms with E-state index in [9.17, 15) is 0 Å². The summed E-state index contributed by atoms with van der Waals surface area (Å²) in [6, 6.07) is 6.51. The molecule has 0 aromatic heterocycles. The molecule has 1 unspecified atom stereocenters. The van der Waals surface area contributed by atoms with Gasteiger partial charge >= 0.3 is 0 Å². The van der Waals surface area contributed by atoms with Crippen LogP contribution in [-0.4, -0.2) is 7.11 Å². The van der Waals surface area contributed by atoms with Crippen molar-refractivity contribution in [3.63, 3.8) is 0 Å². The molecular weight excluding hydrogens is 184 g/mol. The van der Waals surface area contributed by atoms with Crippen LogP contribution in [0.2, 0.25) is 0 Å². The zero-order valence-electron chi connectivity index (χ0n) is 10.1. The average Bonchev–Trinajstić information content (AvgIpc) is 2.23. The normalized spacial score (nSPS) is 23.3. The second-order valence-corrected chi connectivity index (χ2v) is 5.28. The van der Waals surface area contributed by atoms with Gasteiger partial charge in [0, 0.05) is 0 Å². The number of fused-ring (bicyclic) bond motifs is 1. The highest BCUT2D eigenvalue weighted by Crippen LogP contribution is 2.45. The summed E-state index contributed by atoms with van der Waals surface area (Å²) >= 11 is 0. The number of methoxy groups -OCH3 is 1. The third-order valence-electron chi connectivity index (χ3n) is 4.03. The lowest BCUT2D eigenvalue weighted by Gasteiger charge is -2.38. The maximum absolute atomic E-state index is 5.27. The predicted octanol–water partition coefficient (Wildman–Crippen LogP) is 3.77. The first kappa shape index (κ1) is 10.5. The number of hydrogen-bond acceptors (Lipinski definition) is 1. The van der Waals surface area contributed by atoms with E-state index >= 15 is 0 Å². The summed E-state index contributed by atoms with van der Waals surface area (Å²) < 4.78 is 5.27. The summed E-state index contributed by atoms with van der Waals surface area (Å²) in [6.07, 6.45) is 2.46. The van der Waals surface area contributed by atoms with E-state index in [1.165, 1.54) is 24.0 Å². The largest absolute Gasteiger partial charge is 0.497 e. The van der Waals surface area contributed by atoms with Crippen molar-refractivity contribution in [1.29, 1.82) is 0 Å². The lowest BCUT2D eigenvalue weighted by atomic mass is 9.67. The molecule has 0 N–H and O–H groups in total. The maximum atomic E-state index is 5.27. The lowest BCUT2D eigenvalue weighted by Crippen LogP contribution is -2.26. The first-order valence-corrected chi connectivity index (χ1v) is 5.71. The Labute approximate surface area is 92.5 Å². The Bertz CT molecular complexity index is 366. The number of ether oxygens (including phenoxy) is 1. The topological polar surface area (TPSA) is 9.23 Å². The van der Waals surface area contributed by atoms with E-state index in [2.05, 4.69) is 39.0 Å². The molecule has 0 radical (unpaired) electrons. The molecule has 1 heteroatoms. The van der Waals surface area contributed by atoms with Crippen LogP contribution in [0.1, 0.15) is 44.2 Å². The van der Waals surface area contributed by atoms with Gasteiger partial charge in [-0.05, 0) is 47.4 Å². The SMILES string of the molecule is COc1ccc2c(c1)CCC(C)(C)C2C. The van der Waals surface area contributed by atoms with Gasteiger partial charge in [-0.3, -0.25) is 0 Å². The molecule has 0 saturated carbocycles. The van der Waals surface area contributed by atoms with Gasteiger partial charge in [-0.2, -0.15) is 0 Å². The van der Waals surface area contributed by atoms with Crippen molar-refractivity contribution >= 4 is 0 Å². The Kier molecular flexibility index (Phi) is 2.49. The molecule has 0 fully saturated rings. The highest BCUT2D eigenvalue weighted by Gasteiger charge is 2.32. The Morgan fingerprint density at radius 2 is 2.07 bits per heavy atom. The summed E-state index contributed by atoms with van der Waals surface area (Å²) in [5.74, 6) is 1.63. The molecule has 0 amide bonds. The van der Waals surface area contributed by atoms with E-state index in [0.29, 0.717) is 11.3 Å². The summed E-state index contributed by atoms with van der Waals surface area (Å²) in [5.41, 5.74) is 3.41. The Balaban J connectivity index is 2.42. The summed E-state index contributed by atoms with van der Waals surface area (Å²) in [6.45, 7) is 7.07. The van der Waals surface area contributed by atoms with Crippen LogP contribution < -0.4 is 4.74 Å². The zero-order valence-corrected chi connectivity index (χ0v) is 10.1. The summed E-state index contributed by atoms with van der Waals surface area (Å²) in [5, 5.41) is 0. The van der Waals surface area contributed by atoms with E-state index in [0.717, 1.165) is 5.75 Å². The maximum Gasteiger partial charge on any atom is 0.119 e. The Hall–Kier alpha value is -0.980. The Morgan fingerprint density at radius 1 is 1.33 bits per heavy atom. The molecule has 1 aromatic carbocycles. The molecule has 1 aliphatic carbocycles. The van der Waals surface area contributed by atoms with Crippen molar-refractivity contribution in [2.75, 3.05) is 7.11 Å². The minimum absolute atomic E-state index is 0.432. The minimum Gasteiger partial charge on any atom is -0.497 e. The smallest absolute Gasteiger partial charge is 0.119 e. The fraction of sp³-hybridized carbons (Fsp3) is 0.571. The van der Waals surface area contributed by atoms with Crippen LogP contribution in [-0.2, 0) is 6.42 Å². The van der Waals surface area contributed by atoms with Crippen molar-refractivity contribution in [3.8, 4) is 5.75 Å². The molecule has 0 heterocycles. The second-order valence-electron chi connectivity index (χ2n) is 5.28. The van der Waals surface area contributed by atoms with E-state index < -0.39 is 0 Å². The van der Waals surface area contributed by atoms with Gasteiger partial charge in [-0.25, -0.2) is 0 Å². The molecule has 15 heavy (non-hydrogen) atoms. The molecule has 82 valence electrons. The van der Waals surface area contributed by atoms with Crippen molar-refractivity contribution in [2.24, 2.45) is 5.41 Å². The van der Waals surface area contributed by atoms with Gasteiger partial charge in [-0.15, -0.1) is 0 Å². The molecular formula is C14H20O. The van der Waals surface area contributed by atoms with Gasteiger partial charge in [0.05, 0.1) is 7.11 Å². The van der Waals surface area contributed by atoms with Gasteiger partial charge in [0.15, 0.2) is 0 Å². The van der Waals surface area contributed by atoms with Crippen LogP contribution in [0.3, 0.4) is 0 Å². The van der Waals surface area contributed by atoms with Crippen molar-refractivity contribution in [3.05, 3.63) is 29.3 Å². The first-order valence-electron chi connectivity index (χ1n) is 5.71. The van der Waals surface area contributed by atoms with Crippen molar-refractivity contribution < 1.29 is 4.74 Å². The summed E-state index contributed by atoms with van der Waals surface area (Å²) in [7, 11) is 1.73. The summed E-state index contributed by atoms with van der Waals surface area (Å²) in [4.78, 5) is 0. The van der Waals surface area contributed by atoms with Gasteiger partial charge in [0.25, 0.3) is 0 Å². The highest BCUT2D eigenvalue weighted by molar-refractivity contribution is 5.40. The standard InChI is InChI=1S/C14H20O/c1-10-13-6-5-12(15-4)9-11(13)7-8-14(10,2)3/h5-6,9-10H,7-8H2,1-4H3. The fourth-order valence-corrected chi connectivity index (χ4v) is 2.44. The predicted molar refractivity (Wildman–Crippen MR) is 63.5 cm³/mol. The minimum atomic E-state index is 0.432. The number of benzene rings is 1. The third kappa shape index (κ3) is 1.75. The molecule has 2 rings (SSSR count). The van der Waals surface area contributed by atoms with Crippen LogP contribution in [0, 0.1) is 5.41 Å². The number of rotatable bonds is 1. The van der Waals surface area contributed by atoms with Crippen molar-refractivity contribution in [1.82, 2.24) is 0 Å². The van der Waals surface area contributed by atoms with E-state index in [-0.39, 0.29) is 0 Å². The van der Waals surface area contributed by atoms with Crippen molar-refractivity contribution in [2.45, 2.75) is 39.5 Å². The van der Waals surface area contributed by atoms with E-state index in [4.69, 9.17) is 4.74 Å². The molecule has 0 bridgehead atoms. The molecule has 1 atom stereocenters. The van der Waals surface area contributed by atoms with Crippen LogP contribution >= 0.6 is 0 Å². The van der Waals surface area contributed by atoms with Crippen LogP contribution in [0.15, 0.2) is 18.2 Å².